The van der Waals surface area contributed by atoms with Crippen LogP contribution in [0.25, 0.3) is 0 Å². The van der Waals surface area contributed by atoms with Gasteiger partial charge in [-0.25, -0.2) is 0 Å². The highest BCUT2D eigenvalue weighted by molar-refractivity contribution is 8.00. The number of nitrogens with zero attached hydrogens (tertiary/aromatic N) is 1. The van der Waals surface area contributed by atoms with Crippen molar-refractivity contribution in [1.29, 1.82) is 0 Å². The summed E-state index contributed by atoms with van der Waals surface area (Å²) in [6, 6.07) is 6.84. The molecular weight excluding hydrogens is 252 g/mol. The van der Waals surface area contributed by atoms with Gasteiger partial charge in [-0.3, -0.25) is 0 Å². The summed E-state index contributed by atoms with van der Waals surface area (Å²) in [6.45, 7) is 9.96. The lowest BCUT2D eigenvalue weighted by molar-refractivity contribution is 0.637. The van der Waals surface area contributed by atoms with Crippen LogP contribution in [0.5, 0.6) is 0 Å². The van der Waals surface area contributed by atoms with Gasteiger partial charge in [-0.15, -0.1) is 0 Å². The zero-order valence-electron chi connectivity index (χ0n) is 12.4. The second-order valence-electron chi connectivity index (χ2n) is 5.99. The molecule has 0 amide bonds. The number of nitrogens with two attached hydrogens (primary N) is 1. The first kappa shape index (κ1) is 14.7. The molecule has 106 valence electrons. The SMILES string of the molecule is Cc1cc(N2CCSC(C)(C)CC2)ccc1CCN. The van der Waals surface area contributed by atoms with E-state index in [9.17, 15) is 0 Å². The fourth-order valence-corrected chi connectivity index (χ4v) is 3.69. The van der Waals surface area contributed by atoms with Gasteiger partial charge in [-0.2, -0.15) is 11.8 Å². The molecule has 2 rings (SSSR count). The first-order valence-corrected chi connectivity index (χ1v) is 8.19. The summed E-state index contributed by atoms with van der Waals surface area (Å²) in [7, 11) is 0. The van der Waals surface area contributed by atoms with Crippen molar-refractivity contribution in [3.05, 3.63) is 29.3 Å². The van der Waals surface area contributed by atoms with Gasteiger partial charge in [-0.1, -0.05) is 19.9 Å². The molecule has 1 aromatic carbocycles. The molecule has 0 aromatic heterocycles. The van der Waals surface area contributed by atoms with Gasteiger partial charge in [0, 0.05) is 29.3 Å². The van der Waals surface area contributed by atoms with E-state index in [0.717, 1.165) is 26.1 Å². The molecule has 0 bridgehead atoms. The van der Waals surface area contributed by atoms with Crippen molar-refractivity contribution in [2.75, 3.05) is 30.3 Å². The zero-order chi connectivity index (χ0) is 13.9. The molecule has 0 saturated carbocycles. The topological polar surface area (TPSA) is 29.3 Å². The number of anilines is 1. The van der Waals surface area contributed by atoms with Gasteiger partial charge in [0.25, 0.3) is 0 Å². The summed E-state index contributed by atoms with van der Waals surface area (Å²) in [5.74, 6) is 1.22. The van der Waals surface area contributed by atoms with Gasteiger partial charge in [0.2, 0.25) is 0 Å². The number of rotatable bonds is 3. The smallest absolute Gasteiger partial charge is 0.0369 e. The maximum Gasteiger partial charge on any atom is 0.0369 e. The van der Waals surface area contributed by atoms with Crippen molar-refractivity contribution in [3.63, 3.8) is 0 Å². The van der Waals surface area contributed by atoms with Crippen LogP contribution in [0.3, 0.4) is 0 Å². The van der Waals surface area contributed by atoms with E-state index in [1.54, 1.807) is 0 Å². The normalized spacial score (nSPS) is 19.3. The van der Waals surface area contributed by atoms with E-state index >= 15 is 0 Å². The van der Waals surface area contributed by atoms with E-state index in [0.29, 0.717) is 4.75 Å². The van der Waals surface area contributed by atoms with E-state index in [1.807, 2.05) is 0 Å². The van der Waals surface area contributed by atoms with Crippen LogP contribution in [-0.4, -0.2) is 30.1 Å². The number of hydrogen-bond donors (Lipinski definition) is 1. The highest BCUT2D eigenvalue weighted by atomic mass is 32.2. The molecule has 1 heterocycles. The lowest BCUT2D eigenvalue weighted by Gasteiger charge is -2.25. The zero-order valence-corrected chi connectivity index (χ0v) is 13.2. The number of aryl methyl sites for hydroxylation is 1. The maximum absolute atomic E-state index is 5.65. The highest BCUT2D eigenvalue weighted by Crippen LogP contribution is 2.32. The van der Waals surface area contributed by atoms with Gasteiger partial charge >= 0.3 is 0 Å². The Kier molecular flexibility index (Phi) is 4.80. The van der Waals surface area contributed by atoms with Gasteiger partial charge < -0.3 is 10.6 Å². The van der Waals surface area contributed by atoms with E-state index in [4.69, 9.17) is 5.73 Å². The summed E-state index contributed by atoms with van der Waals surface area (Å²) in [6.07, 6.45) is 2.23. The molecule has 1 fully saturated rings. The second kappa shape index (κ2) is 6.19. The summed E-state index contributed by atoms with van der Waals surface area (Å²) in [5, 5.41) is 0. The molecule has 1 aliphatic rings. The lowest BCUT2D eigenvalue weighted by Crippen LogP contribution is -2.27. The van der Waals surface area contributed by atoms with Crippen molar-refractivity contribution in [3.8, 4) is 0 Å². The fraction of sp³-hybridized carbons (Fsp3) is 0.625. The maximum atomic E-state index is 5.65. The lowest BCUT2D eigenvalue weighted by atomic mass is 10.0. The largest absolute Gasteiger partial charge is 0.371 e. The number of benzene rings is 1. The molecule has 0 radical (unpaired) electrons. The van der Waals surface area contributed by atoms with Gasteiger partial charge in [0.15, 0.2) is 0 Å². The van der Waals surface area contributed by atoms with Crippen molar-refractivity contribution in [2.45, 2.75) is 38.4 Å². The van der Waals surface area contributed by atoms with Crippen LogP contribution < -0.4 is 10.6 Å². The summed E-state index contributed by atoms with van der Waals surface area (Å²) in [5.41, 5.74) is 9.78. The highest BCUT2D eigenvalue weighted by Gasteiger charge is 2.23. The Bertz CT molecular complexity index is 429. The Morgan fingerprint density at radius 2 is 2.11 bits per heavy atom. The van der Waals surface area contributed by atoms with Gasteiger partial charge in [0.05, 0.1) is 0 Å². The third-order valence-corrected chi connectivity index (χ3v) is 5.32. The molecule has 0 aliphatic carbocycles. The minimum absolute atomic E-state index is 0.420. The van der Waals surface area contributed by atoms with Crippen molar-refractivity contribution in [1.82, 2.24) is 0 Å². The summed E-state index contributed by atoms with van der Waals surface area (Å²) < 4.78 is 0.420. The predicted octanol–water partition coefficient (Wildman–Crippen LogP) is 3.22. The molecular formula is C16H26N2S. The summed E-state index contributed by atoms with van der Waals surface area (Å²) in [4.78, 5) is 2.53. The summed E-state index contributed by atoms with van der Waals surface area (Å²) >= 11 is 2.10. The van der Waals surface area contributed by atoms with Crippen molar-refractivity contribution < 1.29 is 0 Å². The monoisotopic (exact) mass is 278 g/mol. The number of hydrogen-bond acceptors (Lipinski definition) is 3. The molecule has 1 aliphatic heterocycles. The van der Waals surface area contributed by atoms with E-state index in [-0.39, 0.29) is 0 Å². The van der Waals surface area contributed by atoms with Gasteiger partial charge in [-0.05, 0) is 49.6 Å². The Morgan fingerprint density at radius 3 is 2.79 bits per heavy atom. The average molecular weight is 278 g/mol. The average Bonchev–Trinajstić information content (AvgIpc) is 2.53. The van der Waals surface area contributed by atoms with Crippen molar-refractivity contribution in [2.24, 2.45) is 5.73 Å². The van der Waals surface area contributed by atoms with E-state index in [1.165, 1.54) is 29.0 Å². The van der Waals surface area contributed by atoms with Crippen molar-refractivity contribution >= 4 is 17.4 Å². The Labute approximate surface area is 121 Å². The molecule has 1 saturated heterocycles. The van der Waals surface area contributed by atoms with Crippen LogP contribution in [0.2, 0.25) is 0 Å². The molecule has 0 atom stereocenters. The molecule has 2 nitrogen and oxygen atoms in total. The molecule has 3 heteroatoms. The van der Waals surface area contributed by atoms with E-state index in [2.05, 4.69) is 55.6 Å². The van der Waals surface area contributed by atoms with Crippen LogP contribution in [0, 0.1) is 6.92 Å². The first-order valence-electron chi connectivity index (χ1n) is 7.20. The molecule has 0 unspecified atom stereocenters. The second-order valence-corrected chi connectivity index (χ2v) is 7.80. The van der Waals surface area contributed by atoms with Crippen LogP contribution in [0.15, 0.2) is 18.2 Å². The fourth-order valence-electron chi connectivity index (χ4n) is 2.59. The minimum atomic E-state index is 0.420. The molecule has 0 spiro atoms. The Balaban J connectivity index is 2.11. The van der Waals surface area contributed by atoms with Crippen LogP contribution in [0.1, 0.15) is 31.4 Å². The Hall–Kier alpha value is -0.670. The van der Waals surface area contributed by atoms with Crippen LogP contribution in [-0.2, 0) is 6.42 Å². The van der Waals surface area contributed by atoms with E-state index < -0.39 is 0 Å². The third kappa shape index (κ3) is 3.90. The Morgan fingerprint density at radius 1 is 1.32 bits per heavy atom. The van der Waals surface area contributed by atoms with Crippen LogP contribution >= 0.6 is 11.8 Å². The molecule has 1 aromatic rings. The quantitative estimate of drug-likeness (QED) is 0.920. The molecule has 2 N–H and O–H groups in total. The molecule has 19 heavy (non-hydrogen) atoms. The minimum Gasteiger partial charge on any atom is -0.371 e. The number of thioether (sulfide) groups is 1. The van der Waals surface area contributed by atoms with Crippen LogP contribution in [0.4, 0.5) is 5.69 Å². The predicted molar refractivity (Wildman–Crippen MR) is 87.3 cm³/mol. The first-order chi connectivity index (χ1) is 9.02. The standard InChI is InChI=1S/C16H26N2S/c1-13-12-15(5-4-14(13)6-8-17)18-9-7-16(2,3)19-11-10-18/h4-5,12H,6-11,17H2,1-3H3. The third-order valence-electron chi connectivity index (χ3n) is 3.94. The van der Waals surface area contributed by atoms with Gasteiger partial charge in [0.1, 0.15) is 0 Å².